The number of rotatable bonds is 5. The highest BCUT2D eigenvalue weighted by atomic mass is 16.2. The van der Waals surface area contributed by atoms with Crippen LogP contribution >= 0.6 is 0 Å². The van der Waals surface area contributed by atoms with Gasteiger partial charge < -0.3 is 9.88 Å². The predicted molar refractivity (Wildman–Crippen MR) is 128 cm³/mol. The monoisotopic (exact) mass is 439 g/mol. The maximum atomic E-state index is 12.5. The van der Waals surface area contributed by atoms with E-state index in [0.717, 1.165) is 22.4 Å². The number of carbonyl (C=O) groups is 1. The summed E-state index contributed by atoms with van der Waals surface area (Å²) in [5.74, 6) is 0.617. The van der Waals surface area contributed by atoms with Crippen molar-refractivity contribution in [1.82, 2.24) is 19.1 Å². The Morgan fingerprint density at radius 2 is 1.64 bits per heavy atom. The van der Waals surface area contributed by atoms with Crippen LogP contribution in [-0.2, 0) is 18.4 Å². The number of nitrogens with zero attached hydrogens (tertiary/aromatic N) is 3. The molecule has 3 aromatic carbocycles. The molecule has 0 unspecified atom stereocenters. The number of anilines is 1. The number of amides is 1. The van der Waals surface area contributed by atoms with Crippen molar-refractivity contribution in [3.63, 3.8) is 0 Å². The third-order valence-electron chi connectivity index (χ3n) is 5.68. The highest BCUT2D eigenvalue weighted by molar-refractivity contribution is 5.91. The Bertz CT molecular complexity index is 1610. The second-order valence-electron chi connectivity index (χ2n) is 7.79. The molecule has 5 aromatic rings. The summed E-state index contributed by atoms with van der Waals surface area (Å²) in [5, 5.41) is 3.27. The van der Waals surface area contributed by atoms with Crippen LogP contribution in [0.1, 0.15) is 6.42 Å². The number of hydrogen-bond acceptors (Lipinski definition) is 4. The smallest absolute Gasteiger partial charge is 0.327 e. The lowest BCUT2D eigenvalue weighted by Gasteiger charge is -2.10. The molecule has 164 valence electrons. The van der Waals surface area contributed by atoms with Crippen molar-refractivity contribution in [3.8, 4) is 11.4 Å². The molecular formula is C25H21N5O3. The Balaban J connectivity index is 1.30. The molecule has 0 aliphatic heterocycles. The van der Waals surface area contributed by atoms with Gasteiger partial charge >= 0.3 is 5.69 Å². The average Bonchev–Trinajstić information content (AvgIpc) is 3.16. The molecule has 0 saturated carbocycles. The van der Waals surface area contributed by atoms with Gasteiger partial charge in [-0.05, 0) is 48.5 Å². The Hall–Kier alpha value is -4.46. The summed E-state index contributed by atoms with van der Waals surface area (Å²) in [6.07, 6.45) is 0.0858. The lowest BCUT2D eigenvalue weighted by atomic mass is 10.2. The summed E-state index contributed by atoms with van der Waals surface area (Å²) in [6.45, 7) is 0.153. The number of hydrogen-bond donors (Lipinski definition) is 2. The third-order valence-corrected chi connectivity index (χ3v) is 5.68. The summed E-state index contributed by atoms with van der Waals surface area (Å²) in [7, 11) is 1.98. The van der Waals surface area contributed by atoms with E-state index in [2.05, 4.69) is 10.3 Å². The molecule has 0 aliphatic rings. The van der Waals surface area contributed by atoms with Gasteiger partial charge in [-0.2, -0.15) is 0 Å². The van der Waals surface area contributed by atoms with Crippen LogP contribution in [-0.4, -0.2) is 25.0 Å². The van der Waals surface area contributed by atoms with E-state index >= 15 is 0 Å². The minimum Gasteiger partial charge on any atom is -0.327 e. The van der Waals surface area contributed by atoms with Gasteiger partial charge in [0.15, 0.2) is 0 Å². The van der Waals surface area contributed by atoms with Gasteiger partial charge in [0, 0.05) is 31.3 Å². The van der Waals surface area contributed by atoms with Gasteiger partial charge in [0.1, 0.15) is 5.82 Å². The SMILES string of the molecule is Cn1c(-c2ccc(NC(=O)CCn3c(=O)[nH]c(=O)c4ccccc43)cc2)nc2ccccc21. The van der Waals surface area contributed by atoms with Crippen molar-refractivity contribution < 1.29 is 4.79 Å². The molecule has 8 nitrogen and oxygen atoms in total. The molecule has 0 bridgehead atoms. The molecule has 2 heterocycles. The minimum atomic E-state index is -0.529. The summed E-state index contributed by atoms with van der Waals surface area (Å²) in [6, 6.07) is 22.3. The lowest BCUT2D eigenvalue weighted by Crippen LogP contribution is -2.31. The maximum Gasteiger partial charge on any atom is 0.328 e. The number of carbonyl (C=O) groups excluding carboxylic acids is 1. The number of aromatic amines is 1. The Morgan fingerprint density at radius 3 is 2.39 bits per heavy atom. The fraction of sp³-hybridized carbons (Fsp3) is 0.120. The number of imidazole rings is 1. The van der Waals surface area contributed by atoms with Gasteiger partial charge in [0.05, 0.1) is 21.9 Å². The molecule has 0 radical (unpaired) electrons. The first-order valence-corrected chi connectivity index (χ1v) is 10.5. The van der Waals surface area contributed by atoms with Gasteiger partial charge in [0.25, 0.3) is 5.56 Å². The van der Waals surface area contributed by atoms with Crippen molar-refractivity contribution in [2.75, 3.05) is 5.32 Å². The molecule has 33 heavy (non-hydrogen) atoms. The van der Waals surface area contributed by atoms with Crippen molar-refractivity contribution in [3.05, 3.63) is 93.6 Å². The molecule has 0 saturated heterocycles. The van der Waals surface area contributed by atoms with Gasteiger partial charge in [0.2, 0.25) is 5.91 Å². The molecule has 0 atom stereocenters. The standard InChI is InChI=1S/C25H21N5O3/c1-29-21-9-5-3-7-19(21)27-23(29)16-10-12-17(13-11-16)26-22(31)14-15-30-20-8-4-2-6-18(20)24(32)28-25(30)33/h2-13H,14-15H2,1H3,(H,26,31)(H,28,32,33). The van der Waals surface area contributed by atoms with Gasteiger partial charge in [-0.1, -0.05) is 24.3 Å². The lowest BCUT2D eigenvalue weighted by molar-refractivity contribution is -0.116. The number of aryl methyl sites for hydroxylation is 2. The van der Waals surface area contributed by atoms with E-state index in [-0.39, 0.29) is 18.9 Å². The predicted octanol–water partition coefficient (Wildman–Crippen LogP) is 3.27. The Labute approximate surface area is 188 Å². The van der Waals surface area contributed by atoms with Crippen molar-refractivity contribution in [1.29, 1.82) is 0 Å². The highest BCUT2D eigenvalue weighted by Crippen LogP contribution is 2.24. The molecule has 8 heteroatoms. The molecular weight excluding hydrogens is 418 g/mol. The topological polar surface area (TPSA) is 102 Å². The zero-order valence-electron chi connectivity index (χ0n) is 17.9. The molecule has 0 fully saturated rings. The fourth-order valence-corrected chi connectivity index (χ4v) is 4.01. The van der Waals surface area contributed by atoms with E-state index in [4.69, 9.17) is 4.98 Å². The normalized spacial score (nSPS) is 11.2. The molecule has 2 N–H and O–H groups in total. The molecule has 2 aromatic heterocycles. The maximum absolute atomic E-state index is 12.5. The van der Waals surface area contributed by atoms with Crippen molar-refractivity contribution >= 4 is 33.5 Å². The van der Waals surface area contributed by atoms with E-state index in [0.29, 0.717) is 16.6 Å². The number of fused-ring (bicyclic) bond motifs is 2. The minimum absolute atomic E-state index is 0.0858. The van der Waals surface area contributed by atoms with E-state index in [1.807, 2.05) is 60.1 Å². The first kappa shape index (κ1) is 20.4. The van der Waals surface area contributed by atoms with Crippen LogP contribution in [0, 0.1) is 0 Å². The first-order chi connectivity index (χ1) is 16.0. The first-order valence-electron chi connectivity index (χ1n) is 10.5. The van der Waals surface area contributed by atoms with E-state index in [1.54, 1.807) is 24.3 Å². The largest absolute Gasteiger partial charge is 0.328 e. The average molecular weight is 439 g/mol. The Morgan fingerprint density at radius 1 is 0.939 bits per heavy atom. The van der Waals surface area contributed by atoms with Crippen LogP contribution in [0.4, 0.5) is 5.69 Å². The molecule has 5 rings (SSSR count). The van der Waals surface area contributed by atoms with Crippen molar-refractivity contribution in [2.45, 2.75) is 13.0 Å². The zero-order chi connectivity index (χ0) is 22.9. The quantitative estimate of drug-likeness (QED) is 0.439. The summed E-state index contributed by atoms with van der Waals surface area (Å²) in [4.78, 5) is 43.7. The van der Waals surface area contributed by atoms with Gasteiger partial charge in [-0.25, -0.2) is 9.78 Å². The number of para-hydroxylation sites is 3. The van der Waals surface area contributed by atoms with Crippen LogP contribution < -0.4 is 16.6 Å². The fourth-order valence-electron chi connectivity index (χ4n) is 4.01. The van der Waals surface area contributed by atoms with Crippen LogP contribution in [0.5, 0.6) is 0 Å². The third kappa shape index (κ3) is 3.82. The molecule has 0 spiro atoms. The summed E-state index contributed by atoms with van der Waals surface area (Å²) >= 11 is 0. The van der Waals surface area contributed by atoms with E-state index in [9.17, 15) is 14.4 Å². The van der Waals surface area contributed by atoms with Gasteiger partial charge in [-0.3, -0.25) is 19.1 Å². The second kappa shape index (κ2) is 8.23. The zero-order valence-corrected chi connectivity index (χ0v) is 17.9. The summed E-state index contributed by atoms with van der Waals surface area (Å²) < 4.78 is 3.44. The number of aromatic nitrogens is 4. The van der Waals surface area contributed by atoms with Crippen LogP contribution in [0.25, 0.3) is 33.3 Å². The molecule has 1 amide bonds. The van der Waals surface area contributed by atoms with E-state index < -0.39 is 11.2 Å². The number of H-pyrrole nitrogens is 1. The summed E-state index contributed by atoms with van der Waals surface area (Å²) in [5.41, 5.74) is 3.12. The second-order valence-corrected chi connectivity index (χ2v) is 7.79. The Kier molecular flexibility index (Phi) is 5.10. The highest BCUT2D eigenvalue weighted by Gasteiger charge is 2.11. The molecule has 0 aliphatic carbocycles. The van der Waals surface area contributed by atoms with Crippen LogP contribution in [0.2, 0.25) is 0 Å². The van der Waals surface area contributed by atoms with E-state index in [1.165, 1.54) is 4.57 Å². The van der Waals surface area contributed by atoms with Gasteiger partial charge in [-0.15, -0.1) is 0 Å². The van der Waals surface area contributed by atoms with Crippen LogP contribution in [0.3, 0.4) is 0 Å². The number of nitrogens with one attached hydrogen (secondary N) is 2. The van der Waals surface area contributed by atoms with Crippen LogP contribution in [0.15, 0.2) is 82.4 Å². The van der Waals surface area contributed by atoms with Crippen molar-refractivity contribution in [2.24, 2.45) is 7.05 Å². The number of benzene rings is 3.